The lowest BCUT2D eigenvalue weighted by molar-refractivity contribution is -0.125. The molecule has 0 aliphatic heterocycles. The molecule has 0 fully saturated rings. The van der Waals surface area contributed by atoms with E-state index < -0.39 is 17.9 Å². The predicted molar refractivity (Wildman–Crippen MR) is 45.5 cm³/mol. The average Bonchev–Trinajstić information content (AvgIpc) is 1.96. The number of hydrogen-bond acceptors (Lipinski definition) is 3. The number of carbonyl (C=O) groups is 2. The highest BCUT2D eigenvalue weighted by Gasteiger charge is 2.16. The van der Waals surface area contributed by atoms with Crippen LogP contribution in [-0.4, -0.2) is 30.3 Å². The number of nitrogens with two attached hydrogens (primary N) is 2. The van der Waals surface area contributed by atoms with Crippen molar-refractivity contribution in [2.75, 3.05) is 12.4 Å². The number of amides is 2. The van der Waals surface area contributed by atoms with Crippen LogP contribution in [0.15, 0.2) is 0 Å². The molecular formula is C6H12ClN3O2. The molecule has 0 rings (SSSR count). The lowest BCUT2D eigenvalue weighted by Gasteiger charge is -2.11. The summed E-state index contributed by atoms with van der Waals surface area (Å²) in [5.41, 5.74) is 9.86. The first-order valence-corrected chi connectivity index (χ1v) is 3.98. The number of carbonyl (C=O) groups excluding carboxylic acids is 2. The lowest BCUT2D eigenvalue weighted by atomic mass is 10.2. The maximum absolute atomic E-state index is 10.6. The largest absolute Gasteiger partial charge is 0.370 e. The van der Waals surface area contributed by atoms with Gasteiger partial charge in [-0.1, -0.05) is 0 Å². The summed E-state index contributed by atoms with van der Waals surface area (Å²) in [4.78, 5) is 21.1. The van der Waals surface area contributed by atoms with Crippen LogP contribution in [0, 0.1) is 0 Å². The van der Waals surface area contributed by atoms with E-state index in [0.717, 1.165) is 0 Å². The van der Waals surface area contributed by atoms with E-state index in [1.165, 1.54) is 0 Å². The first-order valence-electron chi connectivity index (χ1n) is 3.45. The highest BCUT2D eigenvalue weighted by atomic mass is 35.5. The highest BCUT2D eigenvalue weighted by molar-refractivity contribution is 6.18. The molecule has 0 saturated heterocycles. The van der Waals surface area contributed by atoms with Crippen LogP contribution in [-0.2, 0) is 9.59 Å². The molecule has 0 aliphatic carbocycles. The molecule has 1 atom stereocenters. The van der Waals surface area contributed by atoms with Gasteiger partial charge < -0.3 is 16.8 Å². The highest BCUT2D eigenvalue weighted by Crippen LogP contribution is 1.89. The average molecular weight is 194 g/mol. The summed E-state index contributed by atoms with van der Waals surface area (Å²) >= 11 is 5.36. The summed E-state index contributed by atoms with van der Waals surface area (Å²) in [6.07, 6.45) is -0.0910. The minimum Gasteiger partial charge on any atom is -0.370 e. The molecule has 0 aromatic rings. The second-order valence-corrected chi connectivity index (χ2v) is 2.65. The maximum Gasteiger partial charge on any atom is 0.235 e. The Bertz CT molecular complexity index is 174. The summed E-state index contributed by atoms with van der Waals surface area (Å²) in [6, 6.07) is -0.707. The molecule has 5 nitrogen and oxygen atoms in total. The van der Waals surface area contributed by atoms with Crippen molar-refractivity contribution in [3.05, 3.63) is 0 Å². The van der Waals surface area contributed by atoms with Crippen molar-refractivity contribution in [2.45, 2.75) is 12.5 Å². The smallest absolute Gasteiger partial charge is 0.235 e. The van der Waals surface area contributed by atoms with E-state index in [-0.39, 0.29) is 6.42 Å². The Kier molecular flexibility index (Phi) is 5.40. The summed E-state index contributed by atoms with van der Waals surface area (Å²) in [5, 5.41) is 2.69. The Hall–Kier alpha value is -0.810. The quantitative estimate of drug-likeness (QED) is 0.450. The van der Waals surface area contributed by atoms with E-state index >= 15 is 0 Å². The molecular weight excluding hydrogens is 182 g/mol. The van der Waals surface area contributed by atoms with Crippen LogP contribution >= 0.6 is 11.6 Å². The standard InChI is InChI=1S/C6H12ClN3O2/c7-1-2-10-4(6(9)12)3-5(8)11/h4,10H,1-3H2,(H2,8,11)(H2,9,12). The van der Waals surface area contributed by atoms with Gasteiger partial charge in [0, 0.05) is 12.4 Å². The summed E-state index contributed by atoms with van der Waals surface area (Å²) in [6.45, 7) is 0.419. The van der Waals surface area contributed by atoms with Gasteiger partial charge in [0.25, 0.3) is 0 Å². The summed E-state index contributed by atoms with van der Waals surface area (Å²) in [7, 11) is 0. The number of hydrogen-bond donors (Lipinski definition) is 3. The second-order valence-electron chi connectivity index (χ2n) is 2.27. The number of alkyl halides is 1. The van der Waals surface area contributed by atoms with Crippen LogP contribution in [0.1, 0.15) is 6.42 Å². The molecule has 0 heterocycles. The van der Waals surface area contributed by atoms with Crippen LogP contribution in [0.25, 0.3) is 0 Å². The first-order chi connectivity index (χ1) is 5.57. The zero-order valence-corrected chi connectivity index (χ0v) is 7.30. The maximum atomic E-state index is 10.6. The van der Waals surface area contributed by atoms with Crippen LogP contribution in [0.3, 0.4) is 0 Å². The number of nitrogens with one attached hydrogen (secondary N) is 1. The van der Waals surface area contributed by atoms with Crippen LogP contribution < -0.4 is 16.8 Å². The Balaban J connectivity index is 3.87. The lowest BCUT2D eigenvalue weighted by Crippen LogP contribution is -2.44. The van der Waals surface area contributed by atoms with Gasteiger partial charge in [0.15, 0.2) is 0 Å². The molecule has 0 saturated carbocycles. The van der Waals surface area contributed by atoms with Crippen LogP contribution in [0.5, 0.6) is 0 Å². The van der Waals surface area contributed by atoms with Crippen molar-refractivity contribution in [1.29, 1.82) is 0 Å². The number of primary amides is 2. The molecule has 0 spiro atoms. The van der Waals surface area contributed by atoms with Gasteiger partial charge in [-0.15, -0.1) is 11.6 Å². The normalized spacial score (nSPS) is 12.4. The minimum atomic E-state index is -0.707. The van der Waals surface area contributed by atoms with E-state index in [2.05, 4.69) is 5.32 Å². The first kappa shape index (κ1) is 11.2. The van der Waals surface area contributed by atoms with Gasteiger partial charge in [0.05, 0.1) is 12.5 Å². The minimum absolute atomic E-state index is 0.0910. The molecule has 0 radical (unpaired) electrons. The molecule has 6 heteroatoms. The van der Waals surface area contributed by atoms with E-state index in [4.69, 9.17) is 23.1 Å². The van der Waals surface area contributed by atoms with Gasteiger partial charge >= 0.3 is 0 Å². The van der Waals surface area contributed by atoms with E-state index in [1.807, 2.05) is 0 Å². The van der Waals surface area contributed by atoms with Crippen molar-refractivity contribution < 1.29 is 9.59 Å². The van der Waals surface area contributed by atoms with E-state index in [0.29, 0.717) is 12.4 Å². The summed E-state index contributed by atoms with van der Waals surface area (Å²) < 4.78 is 0. The molecule has 0 bridgehead atoms. The predicted octanol–water partition coefficient (Wildman–Crippen LogP) is -1.46. The van der Waals surface area contributed by atoms with E-state index in [1.54, 1.807) is 0 Å². The number of rotatable bonds is 6. The van der Waals surface area contributed by atoms with Crippen molar-refractivity contribution in [1.82, 2.24) is 5.32 Å². The molecule has 2 amide bonds. The van der Waals surface area contributed by atoms with Gasteiger partial charge in [-0.2, -0.15) is 0 Å². The molecule has 0 aromatic heterocycles. The van der Waals surface area contributed by atoms with Crippen LogP contribution in [0.4, 0.5) is 0 Å². The summed E-state index contributed by atoms with van der Waals surface area (Å²) in [5.74, 6) is -0.817. The Labute approximate surface area is 75.4 Å². The van der Waals surface area contributed by atoms with Gasteiger partial charge in [-0.25, -0.2) is 0 Å². The van der Waals surface area contributed by atoms with Gasteiger partial charge in [0.1, 0.15) is 0 Å². The third-order valence-electron chi connectivity index (χ3n) is 1.23. The Morgan fingerprint density at radius 1 is 1.42 bits per heavy atom. The fraction of sp³-hybridized carbons (Fsp3) is 0.667. The van der Waals surface area contributed by atoms with Crippen LogP contribution in [0.2, 0.25) is 0 Å². The van der Waals surface area contributed by atoms with Crippen molar-refractivity contribution in [2.24, 2.45) is 11.5 Å². The van der Waals surface area contributed by atoms with Crippen molar-refractivity contribution in [3.63, 3.8) is 0 Å². The van der Waals surface area contributed by atoms with Crippen molar-refractivity contribution in [3.8, 4) is 0 Å². The zero-order chi connectivity index (χ0) is 9.56. The Morgan fingerprint density at radius 3 is 2.33 bits per heavy atom. The number of halogens is 1. The van der Waals surface area contributed by atoms with Gasteiger partial charge in [-0.3, -0.25) is 9.59 Å². The monoisotopic (exact) mass is 193 g/mol. The third-order valence-corrected chi connectivity index (χ3v) is 1.42. The molecule has 12 heavy (non-hydrogen) atoms. The second kappa shape index (κ2) is 5.79. The third kappa shape index (κ3) is 4.92. The fourth-order valence-corrected chi connectivity index (χ4v) is 0.812. The molecule has 0 aliphatic rings. The van der Waals surface area contributed by atoms with Gasteiger partial charge in [-0.05, 0) is 0 Å². The molecule has 70 valence electrons. The molecule has 1 unspecified atom stereocenters. The SMILES string of the molecule is NC(=O)CC(NCCCl)C(N)=O. The fourth-order valence-electron chi connectivity index (χ4n) is 0.703. The molecule has 0 aromatic carbocycles. The molecule has 5 N–H and O–H groups in total. The van der Waals surface area contributed by atoms with E-state index in [9.17, 15) is 9.59 Å². The van der Waals surface area contributed by atoms with Crippen molar-refractivity contribution >= 4 is 23.4 Å². The van der Waals surface area contributed by atoms with Gasteiger partial charge in [0.2, 0.25) is 11.8 Å². The Morgan fingerprint density at radius 2 is 2.00 bits per heavy atom. The topological polar surface area (TPSA) is 98.2 Å². The zero-order valence-electron chi connectivity index (χ0n) is 6.55.